The molecule has 1 aromatic heterocycles. The molecule has 2 N–H and O–H groups in total. The summed E-state index contributed by atoms with van der Waals surface area (Å²) in [5, 5.41) is 5.76. The van der Waals surface area contributed by atoms with Crippen LogP contribution in [0.4, 0.5) is 10.5 Å². The molecule has 0 saturated carbocycles. The van der Waals surface area contributed by atoms with Gasteiger partial charge in [0.1, 0.15) is 0 Å². The number of nitrogens with zero attached hydrogens (tertiary/aromatic N) is 2. The topological polar surface area (TPSA) is 74.3 Å². The van der Waals surface area contributed by atoms with Crippen LogP contribution in [0.25, 0.3) is 0 Å². The molecule has 26 heavy (non-hydrogen) atoms. The van der Waals surface area contributed by atoms with Crippen molar-refractivity contribution in [1.82, 2.24) is 15.6 Å². The lowest BCUT2D eigenvalue weighted by molar-refractivity contribution is -0.117. The second kappa shape index (κ2) is 7.99. The minimum Gasteiger partial charge on any atom is -0.332 e. The van der Waals surface area contributed by atoms with Gasteiger partial charge in [-0.1, -0.05) is 18.2 Å². The molecule has 3 rings (SSSR count). The number of urea groups is 1. The van der Waals surface area contributed by atoms with Crippen LogP contribution in [0.1, 0.15) is 42.8 Å². The van der Waals surface area contributed by atoms with E-state index in [2.05, 4.69) is 15.6 Å². The predicted octanol–water partition coefficient (Wildman–Crippen LogP) is 3.08. The van der Waals surface area contributed by atoms with Crippen molar-refractivity contribution >= 4 is 17.6 Å². The SMILES string of the molecule is Cc1cccc(CNC(=O)NC(C)c2cccc(N3CCCC3=O)c2)n1. The van der Waals surface area contributed by atoms with Crippen LogP contribution in [-0.2, 0) is 11.3 Å². The summed E-state index contributed by atoms with van der Waals surface area (Å²) in [4.78, 5) is 30.3. The third-order valence-corrected chi connectivity index (χ3v) is 4.48. The van der Waals surface area contributed by atoms with Crippen molar-refractivity contribution in [2.45, 2.75) is 39.3 Å². The average molecular weight is 352 g/mol. The fraction of sp³-hybridized carbons (Fsp3) is 0.350. The Morgan fingerprint density at radius 1 is 1.27 bits per heavy atom. The van der Waals surface area contributed by atoms with E-state index in [-0.39, 0.29) is 18.0 Å². The molecule has 3 amide bonds. The summed E-state index contributed by atoms with van der Waals surface area (Å²) < 4.78 is 0. The van der Waals surface area contributed by atoms with Crippen molar-refractivity contribution < 1.29 is 9.59 Å². The molecule has 1 unspecified atom stereocenters. The molecular weight excluding hydrogens is 328 g/mol. The number of pyridine rings is 1. The second-order valence-corrected chi connectivity index (χ2v) is 6.56. The molecule has 0 spiro atoms. The maximum atomic E-state index is 12.2. The van der Waals surface area contributed by atoms with E-state index in [9.17, 15) is 9.59 Å². The van der Waals surface area contributed by atoms with Crippen LogP contribution >= 0.6 is 0 Å². The lowest BCUT2D eigenvalue weighted by Crippen LogP contribution is -2.36. The highest BCUT2D eigenvalue weighted by molar-refractivity contribution is 5.95. The van der Waals surface area contributed by atoms with Crippen molar-refractivity contribution in [2.75, 3.05) is 11.4 Å². The molecule has 1 aliphatic rings. The summed E-state index contributed by atoms with van der Waals surface area (Å²) in [6.45, 7) is 4.98. The molecule has 0 aliphatic carbocycles. The second-order valence-electron chi connectivity index (χ2n) is 6.56. The number of carbonyl (C=O) groups excluding carboxylic acids is 2. The number of nitrogens with one attached hydrogen (secondary N) is 2. The number of amides is 3. The molecule has 1 fully saturated rings. The first kappa shape index (κ1) is 17.9. The van der Waals surface area contributed by atoms with Crippen LogP contribution in [-0.4, -0.2) is 23.5 Å². The third kappa shape index (κ3) is 4.39. The van der Waals surface area contributed by atoms with Crippen molar-refractivity contribution in [1.29, 1.82) is 0 Å². The molecule has 1 atom stereocenters. The van der Waals surface area contributed by atoms with Crippen LogP contribution < -0.4 is 15.5 Å². The fourth-order valence-corrected chi connectivity index (χ4v) is 3.08. The molecular formula is C20H24N4O2. The van der Waals surface area contributed by atoms with Gasteiger partial charge in [-0.2, -0.15) is 0 Å². The van der Waals surface area contributed by atoms with Crippen molar-refractivity contribution in [3.05, 3.63) is 59.4 Å². The summed E-state index contributed by atoms with van der Waals surface area (Å²) in [6.07, 6.45) is 1.50. The molecule has 2 aromatic rings. The third-order valence-electron chi connectivity index (χ3n) is 4.48. The summed E-state index contributed by atoms with van der Waals surface area (Å²) in [6, 6.07) is 13.1. The largest absolute Gasteiger partial charge is 0.332 e. The van der Waals surface area contributed by atoms with Gasteiger partial charge in [-0.25, -0.2) is 4.79 Å². The van der Waals surface area contributed by atoms with Gasteiger partial charge < -0.3 is 15.5 Å². The van der Waals surface area contributed by atoms with E-state index < -0.39 is 0 Å². The molecule has 6 nitrogen and oxygen atoms in total. The molecule has 136 valence electrons. The maximum Gasteiger partial charge on any atom is 0.315 e. The number of hydrogen-bond donors (Lipinski definition) is 2. The van der Waals surface area contributed by atoms with Gasteiger partial charge in [0.2, 0.25) is 5.91 Å². The molecule has 2 heterocycles. The summed E-state index contributed by atoms with van der Waals surface area (Å²) >= 11 is 0. The monoisotopic (exact) mass is 352 g/mol. The standard InChI is InChI=1S/C20H24N4O2/c1-14-6-3-8-17(22-14)13-21-20(26)23-15(2)16-7-4-9-18(12-16)24-11-5-10-19(24)25/h3-4,6-9,12,15H,5,10-11,13H2,1-2H3,(H2,21,23,26). The highest BCUT2D eigenvalue weighted by Crippen LogP contribution is 2.24. The van der Waals surface area contributed by atoms with Gasteiger partial charge in [-0.15, -0.1) is 0 Å². The van der Waals surface area contributed by atoms with Crippen LogP contribution in [0.5, 0.6) is 0 Å². The van der Waals surface area contributed by atoms with Crippen LogP contribution in [0.2, 0.25) is 0 Å². The number of anilines is 1. The van der Waals surface area contributed by atoms with E-state index >= 15 is 0 Å². The van der Waals surface area contributed by atoms with Gasteiger partial charge in [0, 0.05) is 24.3 Å². The highest BCUT2D eigenvalue weighted by atomic mass is 16.2. The Morgan fingerprint density at radius 3 is 2.81 bits per heavy atom. The molecule has 0 radical (unpaired) electrons. The number of hydrogen-bond acceptors (Lipinski definition) is 3. The molecule has 6 heteroatoms. The molecule has 1 aliphatic heterocycles. The highest BCUT2D eigenvalue weighted by Gasteiger charge is 2.22. The van der Waals surface area contributed by atoms with E-state index in [0.717, 1.165) is 35.6 Å². The smallest absolute Gasteiger partial charge is 0.315 e. The van der Waals surface area contributed by atoms with Gasteiger partial charge in [0.05, 0.1) is 18.3 Å². The van der Waals surface area contributed by atoms with Crippen LogP contribution in [0.3, 0.4) is 0 Å². The Kier molecular flexibility index (Phi) is 5.51. The number of benzene rings is 1. The predicted molar refractivity (Wildman–Crippen MR) is 101 cm³/mol. The lowest BCUT2D eigenvalue weighted by Gasteiger charge is -2.19. The lowest BCUT2D eigenvalue weighted by atomic mass is 10.1. The van der Waals surface area contributed by atoms with Gasteiger partial charge in [0.15, 0.2) is 0 Å². The van der Waals surface area contributed by atoms with E-state index in [1.54, 1.807) is 4.90 Å². The van der Waals surface area contributed by atoms with Gasteiger partial charge in [-0.3, -0.25) is 9.78 Å². The number of aromatic nitrogens is 1. The number of aryl methyl sites for hydroxylation is 1. The first-order chi connectivity index (χ1) is 12.5. The Morgan fingerprint density at radius 2 is 2.08 bits per heavy atom. The number of carbonyl (C=O) groups is 2. The Labute approximate surface area is 153 Å². The zero-order chi connectivity index (χ0) is 18.5. The van der Waals surface area contributed by atoms with Crippen LogP contribution in [0.15, 0.2) is 42.5 Å². The quantitative estimate of drug-likeness (QED) is 0.868. The van der Waals surface area contributed by atoms with E-state index in [1.807, 2.05) is 56.3 Å². The maximum absolute atomic E-state index is 12.2. The zero-order valence-corrected chi connectivity index (χ0v) is 15.2. The van der Waals surface area contributed by atoms with Gasteiger partial charge >= 0.3 is 6.03 Å². The minimum absolute atomic E-state index is 0.158. The normalized spacial score (nSPS) is 15.0. The Bertz CT molecular complexity index is 806. The summed E-state index contributed by atoms with van der Waals surface area (Å²) in [7, 11) is 0. The van der Waals surface area contributed by atoms with Crippen molar-refractivity contribution in [3.8, 4) is 0 Å². The van der Waals surface area contributed by atoms with E-state index in [0.29, 0.717) is 13.0 Å². The van der Waals surface area contributed by atoms with E-state index in [1.165, 1.54) is 0 Å². The Hall–Kier alpha value is -2.89. The zero-order valence-electron chi connectivity index (χ0n) is 15.2. The van der Waals surface area contributed by atoms with Gasteiger partial charge in [0.25, 0.3) is 0 Å². The average Bonchev–Trinajstić information content (AvgIpc) is 3.06. The van der Waals surface area contributed by atoms with E-state index in [4.69, 9.17) is 0 Å². The Balaban J connectivity index is 1.58. The van der Waals surface area contributed by atoms with Crippen molar-refractivity contribution in [3.63, 3.8) is 0 Å². The number of rotatable bonds is 5. The van der Waals surface area contributed by atoms with Gasteiger partial charge in [-0.05, 0) is 50.1 Å². The molecule has 0 bridgehead atoms. The summed E-state index contributed by atoms with van der Waals surface area (Å²) in [5.41, 5.74) is 3.60. The first-order valence-electron chi connectivity index (χ1n) is 8.90. The molecule has 1 saturated heterocycles. The minimum atomic E-state index is -0.247. The summed E-state index contributed by atoms with van der Waals surface area (Å²) in [5.74, 6) is 0.158. The fourth-order valence-electron chi connectivity index (χ4n) is 3.08. The van der Waals surface area contributed by atoms with Crippen LogP contribution in [0, 0.1) is 6.92 Å². The molecule has 1 aromatic carbocycles. The van der Waals surface area contributed by atoms with Crippen molar-refractivity contribution in [2.24, 2.45) is 0 Å². The first-order valence-corrected chi connectivity index (χ1v) is 8.90.